The van der Waals surface area contributed by atoms with E-state index in [2.05, 4.69) is 0 Å². The smallest absolute Gasteiger partial charge is 0.258 e. The highest BCUT2D eigenvalue weighted by Gasteiger charge is 2.28. The Morgan fingerprint density at radius 1 is 0.842 bits per heavy atom. The molecule has 19 heavy (non-hydrogen) atoms. The monoisotopic (exact) mass is 335 g/mol. The van der Waals surface area contributed by atoms with E-state index in [1.807, 2.05) is 6.07 Å². The molecule has 3 nitrogen and oxygen atoms in total. The van der Waals surface area contributed by atoms with Gasteiger partial charge >= 0.3 is 5.69 Å². The first kappa shape index (κ1) is 14.4. The van der Waals surface area contributed by atoms with Crippen molar-refractivity contribution in [1.29, 1.82) is 0 Å². The van der Waals surface area contributed by atoms with Crippen molar-refractivity contribution in [3.05, 3.63) is 60.5 Å². The van der Waals surface area contributed by atoms with Gasteiger partial charge < -0.3 is 0 Å². The van der Waals surface area contributed by atoms with Gasteiger partial charge in [0, 0.05) is 5.56 Å². The summed E-state index contributed by atoms with van der Waals surface area (Å²) in [7, 11) is 0. The van der Waals surface area contributed by atoms with Gasteiger partial charge in [-0.2, -0.15) is 0 Å². The second kappa shape index (κ2) is 5.55. The van der Waals surface area contributed by atoms with Crippen molar-refractivity contribution in [2.24, 2.45) is 0 Å². The molecule has 0 saturated carbocycles. The summed E-state index contributed by atoms with van der Waals surface area (Å²) >= 11 is 24.0. The fraction of sp³-hybridized carbons (Fsp3) is 0. The normalized spacial score (nSPS) is 10.5. The lowest BCUT2D eigenvalue weighted by Gasteiger charge is -2.11. The first-order chi connectivity index (χ1) is 8.95. The molecule has 2 rings (SSSR count). The van der Waals surface area contributed by atoms with Crippen LogP contribution >= 0.6 is 46.4 Å². The van der Waals surface area contributed by atoms with Crippen molar-refractivity contribution >= 4 is 52.1 Å². The van der Waals surface area contributed by atoms with E-state index in [1.165, 1.54) is 0 Å². The zero-order valence-electron chi connectivity index (χ0n) is 9.16. The molecule has 0 heterocycles. The third-order valence-corrected chi connectivity index (χ3v) is 4.17. The molecule has 0 aliphatic heterocycles. The van der Waals surface area contributed by atoms with Crippen molar-refractivity contribution in [2.45, 2.75) is 0 Å². The van der Waals surface area contributed by atoms with Crippen molar-refractivity contribution in [3.8, 4) is 11.1 Å². The quantitative estimate of drug-likeness (QED) is 0.390. The maximum Gasteiger partial charge on any atom is 0.309 e. The highest BCUT2D eigenvalue weighted by molar-refractivity contribution is 6.52. The van der Waals surface area contributed by atoms with Gasteiger partial charge in [-0.25, -0.2) is 0 Å². The molecule has 7 heteroatoms. The van der Waals surface area contributed by atoms with Crippen LogP contribution in [0.4, 0.5) is 5.69 Å². The number of hydrogen-bond acceptors (Lipinski definition) is 2. The van der Waals surface area contributed by atoms with E-state index >= 15 is 0 Å². The van der Waals surface area contributed by atoms with Crippen LogP contribution in [0.5, 0.6) is 0 Å². The van der Waals surface area contributed by atoms with Crippen LogP contribution in [0, 0.1) is 10.1 Å². The fourth-order valence-corrected chi connectivity index (χ4v) is 2.84. The molecular weight excluding hydrogens is 332 g/mol. The molecule has 0 spiro atoms. The SMILES string of the molecule is O=[N+]([O-])c1c(Cl)c(Cl)c(-c2ccccc2)c(Cl)c1Cl. The Morgan fingerprint density at radius 3 is 1.74 bits per heavy atom. The van der Waals surface area contributed by atoms with E-state index in [0.717, 1.165) is 0 Å². The summed E-state index contributed by atoms with van der Waals surface area (Å²) in [5.74, 6) is 0. The molecule has 0 aromatic heterocycles. The van der Waals surface area contributed by atoms with Gasteiger partial charge in [0.15, 0.2) is 0 Å². The molecule has 0 radical (unpaired) electrons. The van der Waals surface area contributed by atoms with Gasteiger partial charge in [-0.15, -0.1) is 0 Å². The number of hydrogen-bond donors (Lipinski definition) is 0. The van der Waals surface area contributed by atoms with Gasteiger partial charge in [-0.05, 0) is 5.56 Å². The molecule has 0 fully saturated rings. The lowest BCUT2D eigenvalue weighted by Crippen LogP contribution is -1.94. The molecule has 0 amide bonds. The summed E-state index contributed by atoms with van der Waals surface area (Å²) < 4.78 is 0. The molecule has 0 N–H and O–H groups in total. The molecule has 0 aliphatic rings. The summed E-state index contributed by atoms with van der Waals surface area (Å²) in [6.07, 6.45) is 0. The van der Waals surface area contributed by atoms with E-state index in [0.29, 0.717) is 11.1 Å². The molecule has 0 aliphatic carbocycles. The van der Waals surface area contributed by atoms with Crippen LogP contribution in [0.2, 0.25) is 20.1 Å². The number of benzene rings is 2. The Kier molecular flexibility index (Phi) is 4.21. The summed E-state index contributed by atoms with van der Waals surface area (Å²) in [6.45, 7) is 0. The van der Waals surface area contributed by atoms with Crippen LogP contribution in [0.15, 0.2) is 30.3 Å². The first-order valence-corrected chi connectivity index (χ1v) is 6.52. The predicted octanol–water partition coefficient (Wildman–Crippen LogP) is 5.88. The van der Waals surface area contributed by atoms with E-state index in [-0.39, 0.29) is 20.1 Å². The van der Waals surface area contributed by atoms with Crippen LogP contribution < -0.4 is 0 Å². The van der Waals surface area contributed by atoms with E-state index < -0.39 is 10.6 Å². The third kappa shape index (κ3) is 2.51. The van der Waals surface area contributed by atoms with E-state index in [9.17, 15) is 10.1 Å². The summed E-state index contributed by atoms with van der Waals surface area (Å²) in [6, 6.07) is 8.90. The second-order valence-electron chi connectivity index (χ2n) is 3.60. The molecule has 0 bridgehead atoms. The van der Waals surface area contributed by atoms with Gasteiger partial charge in [0.25, 0.3) is 0 Å². The Bertz CT molecular complexity index is 630. The fourth-order valence-electron chi connectivity index (χ4n) is 1.64. The topological polar surface area (TPSA) is 43.1 Å². The minimum Gasteiger partial charge on any atom is -0.258 e. The number of nitro groups is 1. The summed E-state index contributed by atoms with van der Waals surface area (Å²) in [4.78, 5) is 10.2. The van der Waals surface area contributed by atoms with Crippen LogP contribution in [0.1, 0.15) is 0 Å². The van der Waals surface area contributed by atoms with Gasteiger partial charge in [-0.3, -0.25) is 10.1 Å². The predicted molar refractivity (Wildman–Crippen MR) is 78.6 cm³/mol. The average Bonchev–Trinajstić information content (AvgIpc) is 2.38. The molecule has 0 saturated heterocycles. The van der Waals surface area contributed by atoms with Gasteiger partial charge in [-0.1, -0.05) is 76.7 Å². The Morgan fingerprint density at radius 2 is 1.32 bits per heavy atom. The van der Waals surface area contributed by atoms with Crippen LogP contribution in [-0.2, 0) is 0 Å². The molecule has 0 atom stereocenters. The first-order valence-electron chi connectivity index (χ1n) is 5.01. The summed E-state index contributed by atoms with van der Waals surface area (Å²) in [5.41, 5.74) is 0.568. The molecule has 0 unspecified atom stereocenters. The lowest BCUT2D eigenvalue weighted by molar-refractivity contribution is -0.384. The van der Waals surface area contributed by atoms with Crippen molar-refractivity contribution in [3.63, 3.8) is 0 Å². The summed E-state index contributed by atoms with van der Waals surface area (Å²) in [5, 5.41) is 10.5. The number of halogens is 4. The highest BCUT2D eigenvalue weighted by atomic mass is 35.5. The van der Waals surface area contributed by atoms with E-state index in [1.54, 1.807) is 24.3 Å². The Labute approximate surface area is 128 Å². The minimum atomic E-state index is -0.711. The molecule has 98 valence electrons. The average molecular weight is 337 g/mol. The zero-order chi connectivity index (χ0) is 14.2. The largest absolute Gasteiger partial charge is 0.309 e. The number of rotatable bonds is 2. The molecule has 2 aromatic carbocycles. The number of nitrogens with zero attached hydrogens (tertiary/aromatic N) is 1. The second-order valence-corrected chi connectivity index (χ2v) is 5.11. The van der Waals surface area contributed by atoms with Crippen LogP contribution in [-0.4, -0.2) is 4.92 Å². The zero-order valence-corrected chi connectivity index (χ0v) is 12.2. The van der Waals surface area contributed by atoms with Gasteiger partial charge in [0.2, 0.25) is 0 Å². The molecular formula is C12H5Cl4NO2. The van der Waals surface area contributed by atoms with Crippen molar-refractivity contribution in [1.82, 2.24) is 0 Å². The standard InChI is InChI=1S/C12H5Cl4NO2/c13-8-7(6-4-2-1-3-5-6)9(14)11(16)12(10(8)15)17(18)19/h1-5H. The van der Waals surface area contributed by atoms with Crippen molar-refractivity contribution < 1.29 is 4.92 Å². The van der Waals surface area contributed by atoms with Gasteiger partial charge in [0.05, 0.1) is 15.0 Å². The molecule has 2 aromatic rings. The van der Waals surface area contributed by atoms with Crippen LogP contribution in [0.3, 0.4) is 0 Å². The Balaban J connectivity index is 2.82. The lowest BCUT2D eigenvalue weighted by atomic mass is 10.1. The highest BCUT2D eigenvalue weighted by Crippen LogP contribution is 2.49. The number of nitro benzene ring substituents is 1. The van der Waals surface area contributed by atoms with Gasteiger partial charge in [0.1, 0.15) is 10.0 Å². The van der Waals surface area contributed by atoms with Crippen LogP contribution in [0.25, 0.3) is 11.1 Å². The van der Waals surface area contributed by atoms with Crippen molar-refractivity contribution in [2.75, 3.05) is 0 Å². The van der Waals surface area contributed by atoms with E-state index in [4.69, 9.17) is 46.4 Å². The minimum absolute atomic E-state index is 0.00830. The third-order valence-electron chi connectivity index (χ3n) is 2.49. The maximum absolute atomic E-state index is 10.9. The Hall–Kier alpha value is -1.000. The maximum atomic E-state index is 10.9.